The van der Waals surface area contributed by atoms with Gasteiger partial charge < -0.3 is 25.0 Å². The fourth-order valence-corrected chi connectivity index (χ4v) is 4.37. The molecule has 2 fully saturated rings. The van der Waals surface area contributed by atoms with E-state index in [-0.39, 0.29) is 11.9 Å². The van der Waals surface area contributed by atoms with Crippen molar-refractivity contribution >= 4 is 22.9 Å². The lowest BCUT2D eigenvalue weighted by atomic mass is 10.0. The van der Waals surface area contributed by atoms with Gasteiger partial charge in [-0.3, -0.25) is 4.79 Å². The molecule has 6 nitrogen and oxygen atoms in total. The van der Waals surface area contributed by atoms with Gasteiger partial charge in [0.1, 0.15) is 0 Å². The van der Waals surface area contributed by atoms with Crippen LogP contribution in [0.1, 0.15) is 45.1 Å². The van der Waals surface area contributed by atoms with Crippen molar-refractivity contribution in [2.24, 2.45) is 0 Å². The Balaban J connectivity index is 1.74. The maximum Gasteiger partial charge on any atom is 0.261 e. The average molecular weight is 386 g/mol. The fraction of sp³-hybridized carbons (Fsp3) is 0.591. The van der Waals surface area contributed by atoms with E-state index in [1.165, 1.54) is 0 Å². The first-order valence-electron chi connectivity index (χ1n) is 10.6. The third-order valence-electron chi connectivity index (χ3n) is 6.00. The first-order chi connectivity index (χ1) is 13.7. The zero-order valence-electron chi connectivity index (χ0n) is 16.9. The lowest BCUT2D eigenvalue weighted by Crippen LogP contribution is -2.42. The van der Waals surface area contributed by atoms with Gasteiger partial charge in [0.2, 0.25) is 0 Å². The van der Waals surface area contributed by atoms with Gasteiger partial charge in [-0.05, 0) is 43.9 Å². The van der Waals surface area contributed by atoms with E-state index in [0.29, 0.717) is 32.5 Å². The van der Waals surface area contributed by atoms with Gasteiger partial charge in [-0.15, -0.1) is 0 Å². The molecular formula is C22H31N3O3. The number of hydrogen-bond acceptors (Lipinski definition) is 5. The molecule has 0 aromatic heterocycles. The summed E-state index contributed by atoms with van der Waals surface area (Å²) in [7, 11) is 0. The molecule has 0 aliphatic carbocycles. The van der Waals surface area contributed by atoms with E-state index in [1.807, 2.05) is 4.90 Å². The Morgan fingerprint density at radius 3 is 2.64 bits per heavy atom. The zero-order chi connectivity index (χ0) is 19.5. The number of nitrogens with one attached hydrogen (secondary N) is 2. The summed E-state index contributed by atoms with van der Waals surface area (Å²) in [4.78, 5) is 15.5. The molecular weight excluding hydrogens is 354 g/mol. The van der Waals surface area contributed by atoms with Crippen molar-refractivity contribution in [2.75, 3.05) is 43.2 Å². The van der Waals surface area contributed by atoms with E-state index in [9.17, 15) is 4.79 Å². The molecule has 2 saturated heterocycles. The van der Waals surface area contributed by atoms with E-state index in [0.717, 1.165) is 60.4 Å². The molecule has 4 rings (SSSR count). The zero-order valence-corrected chi connectivity index (χ0v) is 16.9. The Hall–Kier alpha value is -2.05. The number of nitrogens with zero attached hydrogens (tertiary/aromatic N) is 1. The second-order valence-electron chi connectivity index (χ2n) is 7.74. The Labute approximate surface area is 167 Å². The summed E-state index contributed by atoms with van der Waals surface area (Å²) < 4.78 is 11.2. The van der Waals surface area contributed by atoms with Crippen molar-refractivity contribution in [3.05, 3.63) is 29.5 Å². The molecule has 1 amide bonds. The van der Waals surface area contributed by atoms with E-state index in [1.54, 1.807) is 0 Å². The van der Waals surface area contributed by atoms with Gasteiger partial charge in [-0.25, -0.2) is 0 Å². The van der Waals surface area contributed by atoms with Gasteiger partial charge >= 0.3 is 0 Å². The van der Waals surface area contributed by atoms with E-state index < -0.39 is 0 Å². The first kappa shape index (κ1) is 19.3. The summed E-state index contributed by atoms with van der Waals surface area (Å²) in [5.41, 5.74) is 4.78. The molecule has 28 heavy (non-hydrogen) atoms. The largest absolute Gasteiger partial charge is 0.383 e. The Morgan fingerprint density at radius 1 is 1.18 bits per heavy atom. The molecule has 3 aliphatic heterocycles. The maximum atomic E-state index is 13.5. The normalized spacial score (nSPS) is 23.1. The minimum atomic E-state index is 0.0922. The van der Waals surface area contributed by atoms with Crippen LogP contribution in [-0.2, 0) is 14.3 Å². The third kappa shape index (κ3) is 3.63. The van der Waals surface area contributed by atoms with Crippen molar-refractivity contribution in [3.63, 3.8) is 0 Å². The van der Waals surface area contributed by atoms with Gasteiger partial charge in [0.15, 0.2) is 0 Å². The van der Waals surface area contributed by atoms with Crippen LogP contribution >= 0.6 is 0 Å². The highest BCUT2D eigenvalue weighted by Crippen LogP contribution is 2.42. The lowest BCUT2D eigenvalue weighted by Gasteiger charge is -2.31. The highest BCUT2D eigenvalue weighted by molar-refractivity contribution is 6.33. The summed E-state index contributed by atoms with van der Waals surface area (Å²) in [5, 5.41) is 7.02. The molecule has 3 aliphatic rings. The van der Waals surface area contributed by atoms with Crippen LogP contribution in [-0.4, -0.2) is 51.0 Å². The highest BCUT2D eigenvalue weighted by atomic mass is 16.5. The van der Waals surface area contributed by atoms with Crippen LogP contribution in [0.2, 0.25) is 0 Å². The molecule has 1 aromatic carbocycles. The molecule has 0 saturated carbocycles. The van der Waals surface area contributed by atoms with Crippen molar-refractivity contribution in [2.45, 2.75) is 51.6 Å². The van der Waals surface area contributed by atoms with Crippen LogP contribution in [0.4, 0.5) is 11.4 Å². The van der Waals surface area contributed by atoms with Crippen LogP contribution in [0.25, 0.3) is 5.57 Å². The molecule has 0 atom stereocenters. The first-order valence-corrected chi connectivity index (χ1v) is 10.6. The lowest BCUT2D eigenvalue weighted by molar-refractivity contribution is -0.113. The van der Waals surface area contributed by atoms with Crippen LogP contribution < -0.4 is 15.5 Å². The van der Waals surface area contributed by atoms with Crippen molar-refractivity contribution in [1.29, 1.82) is 0 Å². The Bertz CT molecular complexity index is 743. The van der Waals surface area contributed by atoms with Crippen LogP contribution in [0.15, 0.2) is 23.9 Å². The molecule has 0 unspecified atom stereocenters. The smallest absolute Gasteiger partial charge is 0.261 e. The van der Waals surface area contributed by atoms with Crippen LogP contribution in [0.5, 0.6) is 0 Å². The van der Waals surface area contributed by atoms with Gasteiger partial charge in [0.05, 0.1) is 30.2 Å². The molecule has 0 bridgehead atoms. The highest BCUT2D eigenvalue weighted by Gasteiger charge is 2.39. The minimum absolute atomic E-state index is 0.0922. The quantitative estimate of drug-likeness (QED) is 0.763. The summed E-state index contributed by atoms with van der Waals surface area (Å²) in [6.45, 7) is 7.70. The van der Waals surface area contributed by atoms with Crippen LogP contribution in [0.3, 0.4) is 0 Å². The Morgan fingerprint density at radius 2 is 1.96 bits per heavy atom. The second kappa shape index (κ2) is 8.53. The van der Waals surface area contributed by atoms with Gasteiger partial charge in [-0.1, -0.05) is 13.8 Å². The summed E-state index contributed by atoms with van der Waals surface area (Å²) in [5.74, 6) is 0.0922. The number of fused-ring (bicyclic) bond motifs is 1. The van der Waals surface area contributed by atoms with Crippen molar-refractivity contribution in [1.82, 2.24) is 5.32 Å². The fourth-order valence-electron chi connectivity index (χ4n) is 4.37. The molecule has 0 radical (unpaired) electrons. The SMILES string of the molecule is CCC(CC)Nc1ccc2c(c1)/C(=C1\COCCN1)C(=O)N2C1CCOCC1. The summed E-state index contributed by atoms with van der Waals surface area (Å²) in [6, 6.07) is 6.98. The Kier molecular flexibility index (Phi) is 5.87. The summed E-state index contributed by atoms with van der Waals surface area (Å²) >= 11 is 0. The van der Waals surface area contributed by atoms with Crippen LogP contribution in [0, 0.1) is 0 Å². The number of amides is 1. The number of rotatable bonds is 5. The predicted molar refractivity (Wildman–Crippen MR) is 112 cm³/mol. The number of carbonyl (C=O) groups is 1. The van der Waals surface area contributed by atoms with Crippen molar-refractivity contribution in [3.8, 4) is 0 Å². The molecule has 2 N–H and O–H groups in total. The van der Waals surface area contributed by atoms with E-state index >= 15 is 0 Å². The predicted octanol–water partition coefficient (Wildman–Crippen LogP) is 3.14. The monoisotopic (exact) mass is 385 g/mol. The second-order valence-corrected chi connectivity index (χ2v) is 7.74. The molecule has 0 spiro atoms. The van der Waals surface area contributed by atoms with E-state index in [4.69, 9.17) is 9.47 Å². The molecule has 1 aromatic rings. The van der Waals surface area contributed by atoms with Crippen molar-refractivity contribution < 1.29 is 14.3 Å². The number of carbonyl (C=O) groups excluding carboxylic acids is 1. The number of anilines is 2. The summed E-state index contributed by atoms with van der Waals surface area (Å²) in [6.07, 6.45) is 3.91. The number of morpholine rings is 1. The van der Waals surface area contributed by atoms with E-state index in [2.05, 4.69) is 42.7 Å². The van der Waals surface area contributed by atoms with Gasteiger partial charge in [-0.2, -0.15) is 0 Å². The van der Waals surface area contributed by atoms with Gasteiger partial charge in [0, 0.05) is 43.1 Å². The standard InChI is InChI=1S/C22H31N3O3/c1-3-15(4-2)24-16-5-6-20-18(13-16)21(19-14-28-12-9-23-19)22(26)25(20)17-7-10-27-11-8-17/h5-6,13,15,17,23-24H,3-4,7-12,14H2,1-2H3/b21-19-. The molecule has 6 heteroatoms. The van der Waals surface area contributed by atoms with Gasteiger partial charge in [0.25, 0.3) is 5.91 Å². The maximum absolute atomic E-state index is 13.5. The number of benzene rings is 1. The molecule has 152 valence electrons. The topological polar surface area (TPSA) is 62.8 Å². The molecule has 3 heterocycles. The minimum Gasteiger partial charge on any atom is -0.383 e. The average Bonchev–Trinajstić information content (AvgIpc) is 3.04. The third-order valence-corrected chi connectivity index (χ3v) is 6.00. The number of hydrogen-bond donors (Lipinski definition) is 2. The number of ether oxygens (including phenoxy) is 2.